The summed E-state index contributed by atoms with van der Waals surface area (Å²) in [6.07, 6.45) is 5.41. The van der Waals surface area contributed by atoms with E-state index in [2.05, 4.69) is 59.5 Å². The molecule has 0 radical (unpaired) electrons. The molecule has 3 heteroatoms. The highest BCUT2D eigenvalue weighted by Crippen LogP contribution is 2.57. The molecule has 1 aliphatic carbocycles. The molecule has 0 unspecified atom stereocenters. The molecule has 1 heterocycles. The summed E-state index contributed by atoms with van der Waals surface area (Å²) in [6, 6.07) is 21.4. The number of aliphatic carboxylic acids is 1. The van der Waals surface area contributed by atoms with Gasteiger partial charge >= 0.3 is 5.97 Å². The van der Waals surface area contributed by atoms with Crippen LogP contribution in [0.5, 0.6) is 0 Å². The number of hydrogen-bond acceptors (Lipinski definition) is 2. The first kappa shape index (κ1) is 16.1. The van der Waals surface area contributed by atoms with Crippen molar-refractivity contribution in [3.05, 3.63) is 83.4 Å². The van der Waals surface area contributed by atoms with Gasteiger partial charge in [0.25, 0.3) is 0 Å². The smallest absolute Gasteiger partial charge is 0.328 e. The molecular weight excluding hydrogens is 334 g/mol. The zero-order valence-electron chi connectivity index (χ0n) is 15.1. The standard InChI is InChI=1S/C24H21NO2/c26-22(27)11-10-19-6-3-7-21-23(19)25(16-24(21)12-13-24)15-17-8-9-18-4-1-2-5-20(18)14-17/h1-11,14H,12-13,15-16H2,(H,26,27)/b11-10+. The molecule has 1 saturated carbocycles. The van der Waals surface area contributed by atoms with Crippen LogP contribution in [0.25, 0.3) is 16.8 Å². The topological polar surface area (TPSA) is 40.5 Å². The molecule has 1 spiro atoms. The van der Waals surface area contributed by atoms with Crippen molar-refractivity contribution < 1.29 is 9.90 Å². The second-order valence-corrected chi connectivity index (χ2v) is 7.73. The maximum absolute atomic E-state index is 11.0. The number of nitrogens with zero attached hydrogens (tertiary/aromatic N) is 1. The average molecular weight is 355 g/mol. The molecule has 3 aromatic carbocycles. The molecule has 0 saturated heterocycles. The van der Waals surface area contributed by atoms with Gasteiger partial charge in [0.05, 0.1) is 0 Å². The van der Waals surface area contributed by atoms with Gasteiger partial charge in [-0.3, -0.25) is 0 Å². The maximum Gasteiger partial charge on any atom is 0.328 e. The predicted octanol–water partition coefficient (Wildman–Crippen LogP) is 4.99. The fourth-order valence-corrected chi connectivity index (χ4v) is 4.44. The van der Waals surface area contributed by atoms with Crippen LogP contribution in [0.1, 0.15) is 29.5 Å². The second kappa shape index (κ2) is 5.98. The van der Waals surface area contributed by atoms with E-state index in [0.717, 1.165) is 18.7 Å². The van der Waals surface area contributed by atoms with E-state index in [9.17, 15) is 4.79 Å². The van der Waals surface area contributed by atoms with E-state index in [1.165, 1.54) is 46.5 Å². The lowest BCUT2D eigenvalue weighted by Crippen LogP contribution is -2.24. The van der Waals surface area contributed by atoms with Gasteiger partial charge in [-0.1, -0.05) is 54.6 Å². The van der Waals surface area contributed by atoms with Crippen molar-refractivity contribution >= 4 is 28.5 Å². The third kappa shape index (κ3) is 2.80. The highest BCUT2D eigenvalue weighted by Gasteiger charge is 2.51. The molecule has 3 nitrogen and oxygen atoms in total. The molecule has 1 N–H and O–H groups in total. The Labute approximate surface area is 158 Å². The number of hydrogen-bond donors (Lipinski definition) is 1. The lowest BCUT2D eigenvalue weighted by atomic mass is 9.96. The number of carboxylic acid groups (broad SMARTS) is 1. The number of benzene rings is 3. The number of anilines is 1. The lowest BCUT2D eigenvalue weighted by Gasteiger charge is -2.22. The molecule has 1 aliphatic heterocycles. The van der Waals surface area contributed by atoms with Gasteiger partial charge in [0, 0.05) is 30.3 Å². The van der Waals surface area contributed by atoms with Crippen LogP contribution in [-0.4, -0.2) is 17.6 Å². The normalized spacial score (nSPS) is 17.0. The highest BCUT2D eigenvalue weighted by atomic mass is 16.4. The van der Waals surface area contributed by atoms with E-state index in [1.807, 2.05) is 6.07 Å². The molecule has 0 aromatic heterocycles. The third-order valence-corrected chi connectivity index (χ3v) is 5.89. The first-order valence-corrected chi connectivity index (χ1v) is 9.42. The van der Waals surface area contributed by atoms with Crippen LogP contribution in [0.4, 0.5) is 5.69 Å². The molecule has 2 aliphatic rings. The van der Waals surface area contributed by atoms with Gasteiger partial charge in [0.15, 0.2) is 0 Å². The van der Waals surface area contributed by atoms with Crippen molar-refractivity contribution in [2.45, 2.75) is 24.8 Å². The first-order valence-electron chi connectivity index (χ1n) is 9.42. The zero-order valence-corrected chi connectivity index (χ0v) is 15.1. The van der Waals surface area contributed by atoms with Crippen LogP contribution in [0.2, 0.25) is 0 Å². The largest absolute Gasteiger partial charge is 0.478 e. The van der Waals surface area contributed by atoms with Crippen LogP contribution >= 0.6 is 0 Å². The lowest BCUT2D eigenvalue weighted by molar-refractivity contribution is -0.131. The van der Waals surface area contributed by atoms with Crippen molar-refractivity contribution in [2.24, 2.45) is 0 Å². The monoisotopic (exact) mass is 355 g/mol. The Balaban J connectivity index is 1.53. The number of rotatable bonds is 4. The number of carbonyl (C=O) groups is 1. The molecule has 5 rings (SSSR count). The Morgan fingerprint density at radius 3 is 2.63 bits per heavy atom. The summed E-state index contributed by atoms with van der Waals surface area (Å²) in [5.41, 5.74) is 5.16. The van der Waals surface area contributed by atoms with Crippen LogP contribution in [0.15, 0.2) is 66.7 Å². The van der Waals surface area contributed by atoms with Gasteiger partial charge in [0.2, 0.25) is 0 Å². The summed E-state index contributed by atoms with van der Waals surface area (Å²) in [5.74, 6) is -0.909. The van der Waals surface area contributed by atoms with Crippen molar-refractivity contribution in [2.75, 3.05) is 11.4 Å². The van der Waals surface area contributed by atoms with Crippen LogP contribution in [-0.2, 0) is 16.8 Å². The molecule has 0 amide bonds. The summed E-state index contributed by atoms with van der Waals surface area (Å²) in [4.78, 5) is 13.4. The number of para-hydroxylation sites is 1. The molecular formula is C24H21NO2. The van der Waals surface area contributed by atoms with Gasteiger partial charge in [-0.2, -0.15) is 0 Å². The fraction of sp³-hybridized carbons (Fsp3) is 0.208. The van der Waals surface area contributed by atoms with Gasteiger partial charge in [0.1, 0.15) is 0 Å². The van der Waals surface area contributed by atoms with Crippen molar-refractivity contribution in [1.82, 2.24) is 0 Å². The summed E-state index contributed by atoms with van der Waals surface area (Å²) in [5, 5.41) is 11.6. The predicted molar refractivity (Wildman–Crippen MR) is 109 cm³/mol. The van der Waals surface area contributed by atoms with Crippen LogP contribution in [0, 0.1) is 0 Å². The van der Waals surface area contributed by atoms with E-state index < -0.39 is 5.97 Å². The molecule has 3 aromatic rings. The van der Waals surface area contributed by atoms with Crippen molar-refractivity contribution in [1.29, 1.82) is 0 Å². The minimum atomic E-state index is -0.909. The second-order valence-electron chi connectivity index (χ2n) is 7.73. The Kier molecular flexibility index (Phi) is 3.57. The van der Waals surface area contributed by atoms with E-state index in [1.54, 1.807) is 6.08 Å². The minimum Gasteiger partial charge on any atom is -0.478 e. The molecule has 134 valence electrons. The summed E-state index contributed by atoms with van der Waals surface area (Å²) < 4.78 is 0. The molecule has 1 fully saturated rings. The fourth-order valence-electron chi connectivity index (χ4n) is 4.44. The Morgan fingerprint density at radius 2 is 1.85 bits per heavy atom. The third-order valence-electron chi connectivity index (χ3n) is 5.89. The zero-order chi connectivity index (χ0) is 18.4. The Morgan fingerprint density at radius 1 is 1.04 bits per heavy atom. The summed E-state index contributed by atoms with van der Waals surface area (Å²) in [6.45, 7) is 1.87. The SMILES string of the molecule is O=C(O)/C=C/c1cccc2c1N(Cc1ccc3ccccc3c1)CC21CC1. The van der Waals surface area contributed by atoms with E-state index in [-0.39, 0.29) is 5.41 Å². The van der Waals surface area contributed by atoms with E-state index in [0.29, 0.717) is 0 Å². The van der Waals surface area contributed by atoms with Gasteiger partial charge in [-0.15, -0.1) is 0 Å². The Bertz CT molecular complexity index is 1080. The van der Waals surface area contributed by atoms with Crippen molar-refractivity contribution in [3.8, 4) is 0 Å². The summed E-state index contributed by atoms with van der Waals surface area (Å²) in [7, 11) is 0. The van der Waals surface area contributed by atoms with Gasteiger partial charge < -0.3 is 10.0 Å². The number of carboxylic acids is 1. The first-order chi connectivity index (χ1) is 13.1. The highest BCUT2D eigenvalue weighted by molar-refractivity contribution is 5.88. The minimum absolute atomic E-state index is 0.277. The van der Waals surface area contributed by atoms with Crippen LogP contribution in [0.3, 0.4) is 0 Å². The summed E-state index contributed by atoms with van der Waals surface area (Å²) >= 11 is 0. The van der Waals surface area contributed by atoms with Gasteiger partial charge in [-0.05, 0) is 52.4 Å². The quantitative estimate of drug-likeness (QED) is 0.670. The average Bonchev–Trinajstić information content (AvgIpc) is 3.39. The Hall–Kier alpha value is -3.07. The van der Waals surface area contributed by atoms with Crippen LogP contribution < -0.4 is 4.90 Å². The number of fused-ring (bicyclic) bond motifs is 3. The molecule has 27 heavy (non-hydrogen) atoms. The molecule has 0 bridgehead atoms. The van der Waals surface area contributed by atoms with E-state index >= 15 is 0 Å². The maximum atomic E-state index is 11.0. The molecule has 0 atom stereocenters. The van der Waals surface area contributed by atoms with E-state index in [4.69, 9.17) is 5.11 Å². The van der Waals surface area contributed by atoms with Crippen molar-refractivity contribution in [3.63, 3.8) is 0 Å². The van der Waals surface area contributed by atoms with Gasteiger partial charge in [-0.25, -0.2) is 4.79 Å².